The zero-order valence-corrected chi connectivity index (χ0v) is 13.6. The van der Waals surface area contributed by atoms with Crippen molar-refractivity contribution in [3.63, 3.8) is 0 Å². The maximum absolute atomic E-state index is 12.2. The highest BCUT2D eigenvalue weighted by molar-refractivity contribution is 5.83. The third kappa shape index (κ3) is 5.04. The second kappa shape index (κ2) is 8.08. The Morgan fingerprint density at radius 1 is 1.39 bits per heavy atom. The summed E-state index contributed by atoms with van der Waals surface area (Å²) in [5.41, 5.74) is 1.23. The zero-order valence-electron chi connectivity index (χ0n) is 13.6. The molecule has 0 radical (unpaired) electrons. The Kier molecular flexibility index (Phi) is 6.12. The molecule has 6 heteroatoms. The molecule has 1 aliphatic heterocycles. The molecule has 0 saturated carbocycles. The van der Waals surface area contributed by atoms with Crippen molar-refractivity contribution in [3.05, 3.63) is 35.9 Å². The van der Waals surface area contributed by atoms with Crippen LogP contribution in [0.4, 0.5) is 0 Å². The second-order valence-corrected chi connectivity index (χ2v) is 5.94. The van der Waals surface area contributed by atoms with Crippen molar-refractivity contribution in [2.75, 3.05) is 26.7 Å². The maximum Gasteiger partial charge on any atom is 0.326 e. The predicted octanol–water partition coefficient (Wildman–Crippen LogP) is 1.21. The summed E-state index contributed by atoms with van der Waals surface area (Å²) in [7, 11) is 1.52. The van der Waals surface area contributed by atoms with Gasteiger partial charge in [-0.05, 0) is 12.5 Å². The average molecular weight is 320 g/mol. The third-order valence-electron chi connectivity index (χ3n) is 4.21. The van der Waals surface area contributed by atoms with Gasteiger partial charge in [0, 0.05) is 26.7 Å². The van der Waals surface area contributed by atoms with Gasteiger partial charge >= 0.3 is 5.97 Å². The fraction of sp³-hybridized carbons (Fsp3) is 0.529. The average Bonchev–Trinajstić information content (AvgIpc) is 2.54. The van der Waals surface area contributed by atoms with Crippen LogP contribution in [0, 0.1) is 0 Å². The van der Waals surface area contributed by atoms with Gasteiger partial charge in [0.2, 0.25) is 5.91 Å². The Bertz CT molecular complexity index is 535. The molecule has 2 rings (SSSR count). The minimum absolute atomic E-state index is 0.191. The SMILES string of the molecule is CC(C(=O)O)N(C)C(=O)CC1CN(Cc2ccccc2)CCO1. The van der Waals surface area contributed by atoms with E-state index >= 15 is 0 Å². The summed E-state index contributed by atoms with van der Waals surface area (Å²) >= 11 is 0. The van der Waals surface area contributed by atoms with E-state index in [-0.39, 0.29) is 18.4 Å². The molecule has 1 heterocycles. The fourth-order valence-corrected chi connectivity index (χ4v) is 2.61. The summed E-state index contributed by atoms with van der Waals surface area (Å²) < 4.78 is 5.67. The van der Waals surface area contributed by atoms with Crippen LogP contribution in [-0.4, -0.2) is 65.7 Å². The monoisotopic (exact) mass is 320 g/mol. The van der Waals surface area contributed by atoms with Crippen LogP contribution < -0.4 is 0 Å². The van der Waals surface area contributed by atoms with Gasteiger partial charge in [-0.1, -0.05) is 30.3 Å². The minimum Gasteiger partial charge on any atom is -0.480 e. The zero-order chi connectivity index (χ0) is 16.8. The number of morpholine rings is 1. The van der Waals surface area contributed by atoms with Crippen molar-refractivity contribution in [2.24, 2.45) is 0 Å². The Balaban J connectivity index is 1.86. The standard InChI is InChI=1S/C17H24N2O4/c1-13(17(21)22)18(2)16(20)10-15-12-19(8-9-23-15)11-14-6-4-3-5-7-14/h3-7,13,15H,8-12H2,1-2H3,(H,21,22). The van der Waals surface area contributed by atoms with Gasteiger partial charge in [-0.3, -0.25) is 9.69 Å². The van der Waals surface area contributed by atoms with E-state index in [2.05, 4.69) is 17.0 Å². The lowest BCUT2D eigenvalue weighted by Gasteiger charge is -2.33. The Labute approximate surface area is 136 Å². The van der Waals surface area contributed by atoms with Crippen LogP contribution in [0.5, 0.6) is 0 Å². The van der Waals surface area contributed by atoms with E-state index in [1.807, 2.05) is 18.2 Å². The lowest BCUT2D eigenvalue weighted by atomic mass is 10.1. The van der Waals surface area contributed by atoms with Crippen molar-refractivity contribution >= 4 is 11.9 Å². The molecule has 1 aromatic rings. The van der Waals surface area contributed by atoms with Crippen LogP contribution in [0.2, 0.25) is 0 Å². The van der Waals surface area contributed by atoms with E-state index in [1.165, 1.54) is 24.4 Å². The van der Waals surface area contributed by atoms with Gasteiger partial charge in [-0.25, -0.2) is 4.79 Å². The van der Waals surface area contributed by atoms with Gasteiger partial charge < -0.3 is 14.7 Å². The molecule has 0 bridgehead atoms. The quantitative estimate of drug-likeness (QED) is 0.853. The van der Waals surface area contributed by atoms with E-state index in [9.17, 15) is 9.59 Å². The number of aliphatic carboxylic acids is 1. The van der Waals surface area contributed by atoms with Crippen molar-refractivity contribution in [2.45, 2.75) is 32.0 Å². The number of carbonyl (C=O) groups is 2. The molecular weight excluding hydrogens is 296 g/mol. The lowest BCUT2D eigenvalue weighted by Crippen LogP contribution is -2.46. The van der Waals surface area contributed by atoms with E-state index in [4.69, 9.17) is 9.84 Å². The summed E-state index contributed by atoms with van der Waals surface area (Å²) in [4.78, 5) is 26.7. The summed E-state index contributed by atoms with van der Waals surface area (Å²) in [6.07, 6.45) is 0.0165. The Morgan fingerprint density at radius 3 is 2.74 bits per heavy atom. The first-order chi connectivity index (χ1) is 11.0. The van der Waals surface area contributed by atoms with E-state index in [0.717, 1.165) is 13.1 Å². The number of nitrogens with zero attached hydrogens (tertiary/aromatic N) is 2. The molecular formula is C17H24N2O4. The van der Waals surface area contributed by atoms with Crippen LogP contribution in [0.3, 0.4) is 0 Å². The number of carboxylic acids is 1. The van der Waals surface area contributed by atoms with Gasteiger partial charge in [-0.2, -0.15) is 0 Å². The summed E-state index contributed by atoms with van der Waals surface area (Å²) in [6.45, 7) is 4.43. The van der Waals surface area contributed by atoms with E-state index in [1.54, 1.807) is 0 Å². The number of rotatable bonds is 6. The predicted molar refractivity (Wildman–Crippen MR) is 85.9 cm³/mol. The minimum atomic E-state index is -1.00. The molecule has 2 unspecified atom stereocenters. The first-order valence-electron chi connectivity index (χ1n) is 7.83. The van der Waals surface area contributed by atoms with Crippen molar-refractivity contribution in [3.8, 4) is 0 Å². The van der Waals surface area contributed by atoms with Crippen molar-refractivity contribution in [1.82, 2.24) is 9.80 Å². The molecule has 126 valence electrons. The summed E-state index contributed by atoms with van der Waals surface area (Å²) in [6, 6.07) is 9.35. The smallest absolute Gasteiger partial charge is 0.326 e. The van der Waals surface area contributed by atoms with Gasteiger partial charge in [0.25, 0.3) is 0 Å². The highest BCUT2D eigenvalue weighted by Crippen LogP contribution is 2.14. The van der Waals surface area contributed by atoms with Gasteiger partial charge in [0.15, 0.2) is 0 Å². The highest BCUT2D eigenvalue weighted by atomic mass is 16.5. The van der Waals surface area contributed by atoms with Gasteiger partial charge in [0.05, 0.1) is 19.1 Å². The number of amides is 1. The first-order valence-corrected chi connectivity index (χ1v) is 7.83. The lowest BCUT2D eigenvalue weighted by molar-refractivity contribution is -0.150. The van der Waals surface area contributed by atoms with Crippen LogP contribution >= 0.6 is 0 Å². The second-order valence-electron chi connectivity index (χ2n) is 5.94. The molecule has 23 heavy (non-hydrogen) atoms. The Morgan fingerprint density at radius 2 is 2.09 bits per heavy atom. The fourth-order valence-electron chi connectivity index (χ4n) is 2.61. The number of carboxylic acid groups (broad SMARTS) is 1. The molecule has 2 atom stereocenters. The van der Waals surface area contributed by atoms with Crippen LogP contribution in [0.25, 0.3) is 0 Å². The normalized spacial score (nSPS) is 20.0. The topological polar surface area (TPSA) is 70.1 Å². The molecule has 1 aliphatic rings. The molecule has 6 nitrogen and oxygen atoms in total. The first kappa shape index (κ1) is 17.4. The molecule has 1 fully saturated rings. The number of likely N-dealkylation sites (N-methyl/N-ethyl adjacent to an activating group) is 1. The van der Waals surface area contributed by atoms with Gasteiger partial charge in [0.1, 0.15) is 6.04 Å². The van der Waals surface area contributed by atoms with Crippen LogP contribution in [-0.2, 0) is 20.9 Å². The maximum atomic E-state index is 12.2. The molecule has 0 spiro atoms. The van der Waals surface area contributed by atoms with Crippen molar-refractivity contribution < 1.29 is 19.4 Å². The molecule has 0 aromatic heterocycles. The highest BCUT2D eigenvalue weighted by Gasteiger charge is 2.27. The molecule has 1 aromatic carbocycles. The van der Waals surface area contributed by atoms with Crippen molar-refractivity contribution in [1.29, 1.82) is 0 Å². The summed E-state index contributed by atoms with van der Waals surface area (Å²) in [5, 5.41) is 8.98. The van der Waals surface area contributed by atoms with Gasteiger partial charge in [-0.15, -0.1) is 0 Å². The number of ether oxygens (including phenoxy) is 1. The molecule has 1 N–H and O–H groups in total. The van der Waals surface area contributed by atoms with E-state index in [0.29, 0.717) is 13.2 Å². The van der Waals surface area contributed by atoms with E-state index < -0.39 is 12.0 Å². The molecule has 0 aliphatic carbocycles. The number of carbonyl (C=O) groups excluding carboxylic acids is 1. The summed E-state index contributed by atoms with van der Waals surface area (Å²) in [5.74, 6) is -1.21. The van der Waals surface area contributed by atoms with Crippen LogP contribution in [0.15, 0.2) is 30.3 Å². The molecule has 1 saturated heterocycles. The van der Waals surface area contributed by atoms with Crippen LogP contribution in [0.1, 0.15) is 18.9 Å². The largest absolute Gasteiger partial charge is 0.480 e. The third-order valence-corrected chi connectivity index (χ3v) is 4.21. The number of hydrogen-bond acceptors (Lipinski definition) is 4. The Hall–Kier alpha value is -1.92. The number of benzene rings is 1. The number of hydrogen-bond donors (Lipinski definition) is 1. The molecule has 1 amide bonds.